The van der Waals surface area contributed by atoms with Gasteiger partial charge in [-0.15, -0.1) is 0 Å². The summed E-state index contributed by atoms with van der Waals surface area (Å²) < 4.78 is 7.80. The predicted octanol–water partition coefficient (Wildman–Crippen LogP) is 9.07. The molecule has 0 aliphatic carbocycles. The molecule has 2 N–H and O–H groups in total. The molecule has 40 heavy (non-hydrogen) atoms. The number of benzene rings is 4. The molecule has 0 fully saturated rings. The second-order valence-electron chi connectivity index (χ2n) is 8.75. The number of hydrogen-bond acceptors (Lipinski definition) is 4. The summed E-state index contributed by atoms with van der Waals surface area (Å²) in [6, 6.07) is 23.5. The second kappa shape index (κ2) is 12.1. The van der Waals surface area contributed by atoms with Crippen molar-refractivity contribution in [1.29, 1.82) is 0 Å². The van der Waals surface area contributed by atoms with Gasteiger partial charge < -0.3 is 9.72 Å². The number of H-pyrrole nitrogens is 1. The molecular formula is C30H19Br3ClN3O3. The fourth-order valence-corrected chi connectivity index (χ4v) is 6.05. The molecule has 0 aliphatic rings. The minimum absolute atomic E-state index is 0.257. The van der Waals surface area contributed by atoms with Gasteiger partial charge in [0.1, 0.15) is 5.69 Å². The maximum absolute atomic E-state index is 13.4. The first-order valence-corrected chi connectivity index (χ1v) is 14.6. The van der Waals surface area contributed by atoms with Crippen LogP contribution in [0.1, 0.15) is 32.0 Å². The molecule has 0 saturated heterocycles. The lowest BCUT2D eigenvalue weighted by Crippen LogP contribution is -2.19. The van der Waals surface area contributed by atoms with Crippen LogP contribution in [0.4, 0.5) is 0 Å². The van der Waals surface area contributed by atoms with Crippen molar-refractivity contribution in [1.82, 2.24) is 10.4 Å². The van der Waals surface area contributed by atoms with Crippen LogP contribution in [0.3, 0.4) is 0 Å². The molecule has 5 rings (SSSR count). The average Bonchev–Trinajstić information content (AvgIpc) is 3.32. The van der Waals surface area contributed by atoms with E-state index in [1.165, 1.54) is 6.21 Å². The highest BCUT2D eigenvalue weighted by molar-refractivity contribution is 9.11. The molecule has 0 aliphatic heterocycles. The zero-order valence-electron chi connectivity index (χ0n) is 20.8. The van der Waals surface area contributed by atoms with E-state index in [-0.39, 0.29) is 5.75 Å². The number of halogens is 4. The lowest BCUT2D eigenvalue weighted by molar-refractivity contribution is 0.0733. The molecule has 0 unspecified atom stereocenters. The molecule has 5 aromatic rings. The van der Waals surface area contributed by atoms with Gasteiger partial charge in [0, 0.05) is 41.6 Å². The van der Waals surface area contributed by atoms with Gasteiger partial charge in [0.25, 0.3) is 5.91 Å². The highest BCUT2D eigenvalue weighted by Gasteiger charge is 2.22. The minimum atomic E-state index is -0.535. The van der Waals surface area contributed by atoms with Crippen LogP contribution in [0.15, 0.2) is 97.4 Å². The number of rotatable bonds is 6. The zero-order valence-corrected chi connectivity index (χ0v) is 26.3. The number of nitrogens with one attached hydrogen (secondary N) is 2. The van der Waals surface area contributed by atoms with E-state index in [2.05, 4.69) is 63.3 Å². The Bertz CT molecular complexity index is 1800. The number of esters is 1. The van der Waals surface area contributed by atoms with Crippen LogP contribution in [0, 0.1) is 6.92 Å². The van der Waals surface area contributed by atoms with Gasteiger partial charge >= 0.3 is 5.97 Å². The van der Waals surface area contributed by atoms with Crippen molar-refractivity contribution in [3.8, 4) is 16.9 Å². The number of fused-ring (bicyclic) bond motifs is 1. The molecule has 10 heteroatoms. The number of aromatic amines is 1. The summed E-state index contributed by atoms with van der Waals surface area (Å²) in [6.45, 7) is 1.97. The number of ether oxygens (including phenoxy) is 1. The molecule has 0 radical (unpaired) electrons. The third-order valence-corrected chi connectivity index (χ3v) is 8.00. The monoisotopic (exact) mass is 741 g/mol. The van der Waals surface area contributed by atoms with Crippen LogP contribution in [0.2, 0.25) is 5.02 Å². The molecular weight excluding hydrogens is 726 g/mol. The lowest BCUT2D eigenvalue weighted by Gasteiger charge is -2.11. The number of hydrogen-bond donors (Lipinski definition) is 2. The maximum Gasteiger partial charge on any atom is 0.343 e. The lowest BCUT2D eigenvalue weighted by atomic mass is 10.0. The van der Waals surface area contributed by atoms with Crippen LogP contribution in [-0.2, 0) is 0 Å². The van der Waals surface area contributed by atoms with Crippen molar-refractivity contribution >= 4 is 88.4 Å². The second-order valence-corrected chi connectivity index (χ2v) is 11.8. The van der Waals surface area contributed by atoms with Crippen LogP contribution in [0.5, 0.6) is 5.75 Å². The number of aromatic nitrogens is 1. The first-order chi connectivity index (χ1) is 19.2. The molecule has 1 heterocycles. The summed E-state index contributed by atoms with van der Waals surface area (Å²) in [4.78, 5) is 29.5. The number of nitrogens with zero attached hydrogens (tertiary/aromatic N) is 1. The van der Waals surface area contributed by atoms with E-state index in [4.69, 9.17) is 16.3 Å². The van der Waals surface area contributed by atoms with Gasteiger partial charge in [0.05, 0.1) is 16.3 Å². The Morgan fingerprint density at radius 3 is 2.45 bits per heavy atom. The number of hydrazone groups is 1. The topological polar surface area (TPSA) is 83.5 Å². The Balaban J connectivity index is 1.46. The van der Waals surface area contributed by atoms with Gasteiger partial charge in [-0.2, -0.15) is 5.10 Å². The summed E-state index contributed by atoms with van der Waals surface area (Å²) in [5, 5.41) is 5.59. The van der Waals surface area contributed by atoms with E-state index < -0.39 is 11.9 Å². The van der Waals surface area contributed by atoms with E-state index in [0.29, 0.717) is 31.9 Å². The first kappa shape index (κ1) is 28.3. The maximum atomic E-state index is 13.4. The molecule has 0 bridgehead atoms. The number of carbonyl (C=O) groups excluding carboxylic acids is 2. The summed E-state index contributed by atoms with van der Waals surface area (Å²) in [5.74, 6) is -0.733. The van der Waals surface area contributed by atoms with Gasteiger partial charge in [-0.3, -0.25) is 4.79 Å². The number of amides is 1. The Kier molecular flexibility index (Phi) is 8.56. The van der Waals surface area contributed by atoms with Gasteiger partial charge in [0.2, 0.25) is 0 Å². The normalized spacial score (nSPS) is 11.2. The minimum Gasteiger partial charge on any atom is -0.421 e. The quantitative estimate of drug-likeness (QED) is 0.0788. The molecule has 200 valence electrons. The van der Waals surface area contributed by atoms with Crippen molar-refractivity contribution in [3.05, 3.63) is 120 Å². The smallest absolute Gasteiger partial charge is 0.343 e. The Morgan fingerprint density at radius 1 is 0.950 bits per heavy atom. The number of carbonyl (C=O) groups is 2. The molecule has 6 nitrogen and oxygen atoms in total. The van der Waals surface area contributed by atoms with E-state index in [1.54, 1.807) is 42.5 Å². The number of para-hydroxylation sites is 1. The molecule has 0 spiro atoms. The van der Waals surface area contributed by atoms with E-state index in [1.807, 2.05) is 43.3 Å². The highest BCUT2D eigenvalue weighted by Crippen LogP contribution is 2.37. The van der Waals surface area contributed by atoms with Crippen molar-refractivity contribution in [2.24, 2.45) is 5.10 Å². The highest BCUT2D eigenvalue weighted by atomic mass is 79.9. The van der Waals surface area contributed by atoms with Crippen LogP contribution in [-0.4, -0.2) is 23.1 Å². The number of aryl methyl sites for hydroxylation is 1. The van der Waals surface area contributed by atoms with Gasteiger partial charge in [-0.25, -0.2) is 10.2 Å². The summed E-state index contributed by atoms with van der Waals surface area (Å²) in [5.41, 5.74) is 7.01. The standard InChI is InChI=1S/C30H19Br3ClN3O3/c1-16-5-4-7-22-25(21-6-2-3-8-24(21)34)27(36-26(16)22)29(38)37-35-15-18-13-20(32)14-23(33)28(18)40-30(39)17-9-11-19(31)12-10-17/h2-15,36H,1H3,(H,37,38). The average molecular weight is 745 g/mol. The van der Waals surface area contributed by atoms with Crippen molar-refractivity contribution in [2.75, 3.05) is 0 Å². The molecule has 1 aromatic heterocycles. The summed E-state index contributed by atoms with van der Waals surface area (Å²) in [7, 11) is 0. The summed E-state index contributed by atoms with van der Waals surface area (Å²) >= 11 is 16.8. The first-order valence-electron chi connectivity index (χ1n) is 11.9. The van der Waals surface area contributed by atoms with E-state index in [9.17, 15) is 9.59 Å². The third-order valence-electron chi connectivity index (χ3n) is 6.09. The zero-order chi connectivity index (χ0) is 28.4. The van der Waals surface area contributed by atoms with Gasteiger partial charge in [-0.05, 0) is 70.9 Å². The van der Waals surface area contributed by atoms with Crippen LogP contribution in [0.25, 0.3) is 22.0 Å². The predicted molar refractivity (Wildman–Crippen MR) is 169 cm³/mol. The SMILES string of the molecule is Cc1cccc2c(-c3ccccc3Cl)c(C(=O)NN=Cc3cc(Br)cc(Br)c3OC(=O)c3ccc(Br)cc3)[nH]c12. The Hall–Kier alpha value is -3.24. The molecule has 1 amide bonds. The molecule has 0 atom stereocenters. The third kappa shape index (κ3) is 5.93. The fraction of sp³-hybridized carbons (Fsp3) is 0.0333. The van der Waals surface area contributed by atoms with E-state index >= 15 is 0 Å². The molecule has 0 saturated carbocycles. The largest absolute Gasteiger partial charge is 0.421 e. The Labute approximate surface area is 260 Å². The van der Waals surface area contributed by atoms with E-state index in [0.717, 1.165) is 31.0 Å². The van der Waals surface area contributed by atoms with Crippen molar-refractivity contribution < 1.29 is 14.3 Å². The van der Waals surface area contributed by atoms with Crippen LogP contribution < -0.4 is 10.2 Å². The summed E-state index contributed by atoms with van der Waals surface area (Å²) in [6.07, 6.45) is 1.42. The van der Waals surface area contributed by atoms with Gasteiger partial charge in [-0.1, -0.05) is 79.9 Å². The molecule has 4 aromatic carbocycles. The Morgan fingerprint density at radius 2 is 1.70 bits per heavy atom. The van der Waals surface area contributed by atoms with Crippen molar-refractivity contribution in [3.63, 3.8) is 0 Å². The fourth-order valence-electron chi connectivity index (χ4n) is 4.22. The van der Waals surface area contributed by atoms with Gasteiger partial charge in [0.15, 0.2) is 5.75 Å². The van der Waals surface area contributed by atoms with Crippen LogP contribution >= 0.6 is 59.4 Å². The van der Waals surface area contributed by atoms with Crippen molar-refractivity contribution in [2.45, 2.75) is 6.92 Å².